The zero-order chi connectivity index (χ0) is 15.3. The zero-order valence-electron chi connectivity index (χ0n) is 10.2. The average molecular weight is 387 g/mol. The van der Waals surface area contributed by atoms with E-state index in [-0.39, 0.29) is 32.6 Å². The predicted molar refractivity (Wildman–Crippen MR) is 83.4 cm³/mol. The van der Waals surface area contributed by atoms with Gasteiger partial charge in [0.25, 0.3) is 11.8 Å². The third kappa shape index (κ3) is 2.21. The van der Waals surface area contributed by atoms with Crippen LogP contribution < -0.4 is 4.90 Å². The van der Waals surface area contributed by atoms with Crippen molar-refractivity contribution in [1.82, 2.24) is 0 Å². The molecule has 1 heterocycles. The molecule has 2 amide bonds. The normalized spacial score (nSPS) is 13.8. The van der Waals surface area contributed by atoms with E-state index in [0.717, 1.165) is 4.90 Å². The van der Waals surface area contributed by atoms with E-state index in [1.54, 1.807) is 6.07 Å². The summed E-state index contributed by atoms with van der Waals surface area (Å²) in [5.74, 6) is -1.28. The number of carbonyl (C=O) groups is 2. The fourth-order valence-electron chi connectivity index (χ4n) is 2.13. The number of anilines is 1. The number of hydrogen-bond acceptors (Lipinski definition) is 3. The first kappa shape index (κ1) is 14.4. The van der Waals surface area contributed by atoms with Gasteiger partial charge in [-0.2, -0.15) is 0 Å². The lowest BCUT2D eigenvalue weighted by molar-refractivity contribution is 0.0925. The number of benzene rings is 2. The van der Waals surface area contributed by atoms with Crippen LogP contribution in [0.3, 0.4) is 0 Å². The van der Waals surface area contributed by atoms with Crippen LogP contribution in [-0.2, 0) is 0 Å². The Balaban J connectivity index is 2.18. The molecule has 2 aromatic rings. The minimum atomic E-state index is -0.554. The van der Waals surface area contributed by atoms with Crippen LogP contribution in [0, 0.1) is 0 Å². The molecule has 4 nitrogen and oxygen atoms in total. The van der Waals surface area contributed by atoms with Gasteiger partial charge >= 0.3 is 0 Å². The van der Waals surface area contributed by atoms with Crippen LogP contribution >= 0.6 is 39.1 Å². The highest BCUT2D eigenvalue weighted by molar-refractivity contribution is 9.10. The fourth-order valence-corrected chi connectivity index (χ4v) is 2.80. The van der Waals surface area contributed by atoms with Gasteiger partial charge in [-0.25, -0.2) is 4.90 Å². The summed E-state index contributed by atoms with van der Waals surface area (Å²) in [4.78, 5) is 25.7. The van der Waals surface area contributed by atoms with Crippen molar-refractivity contribution < 1.29 is 14.7 Å². The molecule has 0 aromatic heterocycles. The summed E-state index contributed by atoms with van der Waals surface area (Å²) in [7, 11) is 0. The fraction of sp³-hybridized carbons (Fsp3) is 0. The van der Waals surface area contributed by atoms with Gasteiger partial charge in [0.1, 0.15) is 5.75 Å². The van der Waals surface area contributed by atoms with Crippen LogP contribution in [0.5, 0.6) is 5.75 Å². The third-order valence-corrected chi connectivity index (χ3v) is 4.32. The van der Waals surface area contributed by atoms with E-state index in [4.69, 9.17) is 23.2 Å². The first-order chi connectivity index (χ1) is 9.90. The second-order valence-electron chi connectivity index (χ2n) is 4.39. The number of nitrogens with zero attached hydrogens (tertiary/aromatic N) is 1. The van der Waals surface area contributed by atoms with Gasteiger partial charge in [-0.05, 0) is 30.3 Å². The highest BCUT2D eigenvalue weighted by atomic mass is 79.9. The maximum Gasteiger partial charge on any atom is 0.266 e. The molecule has 2 aromatic carbocycles. The van der Waals surface area contributed by atoms with E-state index in [2.05, 4.69) is 15.9 Å². The van der Waals surface area contributed by atoms with Crippen molar-refractivity contribution in [3.05, 3.63) is 56.0 Å². The van der Waals surface area contributed by atoms with Crippen molar-refractivity contribution in [2.24, 2.45) is 0 Å². The Hall–Kier alpha value is -1.56. The Morgan fingerprint density at radius 1 is 0.952 bits per heavy atom. The molecule has 0 spiro atoms. The molecule has 0 radical (unpaired) electrons. The topological polar surface area (TPSA) is 57.6 Å². The SMILES string of the molecule is O=C1c2cc(Cl)c(Cl)cc2C(=O)N1c1cc(Br)ccc1O. The van der Waals surface area contributed by atoms with E-state index in [0.29, 0.717) is 4.47 Å². The van der Waals surface area contributed by atoms with Crippen LogP contribution in [-0.4, -0.2) is 16.9 Å². The molecule has 21 heavy (non-hydrogen) atoms. The van der Waals surface area contributed by atoms with E-state index >= 15 is 0 Å². The van der Waals surface area contributed by atoms with Crippen molar-refractivity contribution in [2.75, 3.05) is 4.90 Å². The second kappa shape index (κ2) is 5.02. The lowest BCUT2D eigenvalue weighted by Gasteiger charge is -2.15. The summed E-state index contributed by atoms with van der Waals surface area (Å²) in [5.41, 5.74) is 0.422. The number of aromatic hydroxyl groups is 1. The van der Waals surface area contributed by atoms with Gasteiger partial charge in [0.15, 0.2) is 0 Å². The van der Waals surface area contributed by atoms with Crippen LogP contribution in [0.1, 0.15) is 20.7 Å². The van der Waals surface area contributed by atoms with Crippen molar-refractivity contribution in [2.45, 2.75) is 0 Å². The molecule has 0 unspecified atom stereocenters. The molecule has 0 aliphatic carbocycles. The summed E-state index contributed by atoms with van der Waals surface area (Å²) in [6.07, 6.45) is 0. The number of imide groups is 1. The van der Waals surface area contributed by atoms with Crippen molar-refractivity contribution in [1.29, 1.82) is 0 Å². The van der Waals surface area contributed by atoms with Gasteiger partial charge in [-0.15, -0.1) is 0 Å². The van der Waals surface area contributed by atoms with Crippen LogP contribution in [0.4, 0.5) is 5.69 Å². The molecule has 0 saturated heterocycles. The number of phenols is 1. The molecular weight excluding hydrogens is 381 g/mol. The number of phenolic OH excluding ortho intramolecular Hbond substituents is 1. The standard InChI is InChI=1S/C14H6BrCl2NO3/c15-6-1-2-12(19)11(3-6)18-13(20)7-4-9(16)10(17)5-8(7)14(18)21/h1-5,19H. The molecule has 0 atom stereocenters. The van der Waals surface area contributed by atoms with Crippen molar-refractivity contribution in [3.63, 3.8) is 0 Å². The number of carbonyl (C=O) groups excluding carboxylic acids is 2. The van der Waals surface area contributed by atoms with Crippen LogP contribution in [0.15, 0.2) is 34.8 Å². The Bertz CT molecular complexity index is 766. The quantitative estimate of drug-likeness (QED) is 0.745. The molecule has 7 heteroatoms. The lowest BCUT2D eigenvalue weighted by Crippen LogP contribution is -2.29. The zero-order valence-corrected chi connectivity index (χ0v) is 13.3. The summed E-state index contributed by atoms with van der Waals surface area (Å²) in [5, 5.41) is 10.3. The summed E-state index contributed by atoms with van der Waals surface area (Å²) >= 11 is 15.0. The van der Waals surface area contributed by atoms with Crippen LogP contribution in [0.25, 0.3) is 0 Å². The summed E-state index contributed by atoms with van der Waals surface area (Å²) < 4.78 is 0.628. The minimum Gasteiger partial charge on any atom is -0.506 e. The van der Waals surface area contributed by atoms with Gasteiger partial charge in [-0.3, -0.25) is 9.59 Å². The number of fused-ring (bicyclic) bond motifs is 1. The van der Waals surface area contributed by atoms with E-state index < -0.39 is 11.8 Å². The van der Waals surface area contributed by atoms with Gasteiger partial charge in [0.2, 0.25) is 0 Å². The number of hydrogen-bond donors (Lipinski definition) is 1. The highest BCUT2D eigenvalue weighted by Crippen LogP contribution is 2.38. The first-order valence-corrected chi connectivity index (χ1v) is 7.31. The van der Waals surface area contributed by atoms with Gasteiger partial charge < -0.3 is 5.11 Å². The molecule has 1 aliphatic heterocycles. The Kier molecular flexibility index (Phi) is 3.43. The number of rotatable bonds is 1. The first-order valence-electron chi connectivity index (χ1n) is 5.76. The molecular formula is C14H6BrCl2NO3. The summed E-state index contributed by atoms with van der Waals surface area (Å²) in [6.45, 7) is 0. The highest BCUT2D eigenvalue weighted by Gasteiger charge is 2.38. The van der Waals surface area contributed by atoms with Gasteiger partial charge in [0.05, 0.1) is 26.9 Å². The predicted octanol–water partition coefficient (Wildman–Crippen LogP) is 4.26. The van der Waals surface area contributed by atoms with Crippen molar-refractivity contribution >= 4 is 56.6 Å². The van der Waals surface area contributed by atoms with Crippen molar-refractivity contribution in [3.8, 4) is 5.75 Å². The maximum atomic E-state index is 12.4. The second-order valence-corrected chi connectivity index (χ2v) is 6.12. The molecule has 1 aliphatic rings. The van der Waals surface area contributed by atoms with E-state index in [1.165, 1.54) is 24.3 Å². The molecule has 106 valence electrons. The van der Waals surface area contributed by atoms with E-state index in [1.807, 2.05) is 0 Å². The molecule has 0 bridgehead atoms. The molecule has 1 N–H and O–H groups in total. The van der Waals surface area contributed by atoms with Crippen LogP contribution in [0.2, 0.25) is 10.0 Å². The summed E-state index contributed by atoms with van der Waals surface area (Å²) in [6, 6.07) is 7.19. The Morgan fingerprint density at radius 3 is 2.00 bits per heavy atom. The third-order valence-electron chi connectivity index (χ3n) is 3.11. The maximum absolute atomic E-state index is 12.4. The lowest BCUT2D eigenvalue weighted by atomic mass is 10.1. The van der Waals surface area contributed by atoms with Gasteiger partial charge in [-0.1, -0.05) is 39.1 Å². The van der Waals surface area contributed by atoms with Gasteiger partial charge in [0, 0.05) is 4.47 Å². The van der Waals surface area contributed by atoms with E-state index in [9.17, 15) is 14.7 Å². The molecule has 0 saturated carbocycles. The Morgan fingerprint density at radius 2 is 1.48 bits per heavy atom. The molecule has 0 fully saturated rings. The number of halogens is 3. The molecule has 3 rings (SSSR count). The minimum absolute atomic E-state index is 0.0998. The largest absolute Gasteiger partial charge is 0.506 e. The monoisotopic (exact) mass is 385 g/mol. The average Bonchev–Trinajstić information content (AvgIpc) is 2.66. The number of amides is 2. The Labute approximate surface area is 138 Å². The smallest absolute Gasteiger partial charge is 0.266 e.